The monoisotopic (exact) mass is 333 g/mol. The summed E-state index contributed by atoms with van der Waals surface area (Å²) >= 11 is 0. The van der Waals surface area contributed by atoms with Gasteiger partial charge in [0.05, 0.1) is 6.10 Å². The van der Waals surface area contributed by atoms with Crippen LogP contribution >= 0.6 is 0 Å². The molecule has 2 atom stereocenters. The molecule has 1 saturated heterocycles. The van der Waals surface area contributed by atoms with Crippen LogP contribution < -0.4 is 4.74 Å². The predicted molar refractivity (Wildman–Crippen MR) is 96.2 cm³/mol. The second-order valence-electron chi connectivity index (χ2n) is 7.94. The van der Waals surface area contributed by atoms with Gasteiger partial charge in [0.25, 0.3) is 5.91 Å². The van der Waals surface area contributed by atoms with Gasteiger partial charge in [-0.25, -0.2) is 0 Å². The second kappa shape index (κ2) is 7.56. The summed E-state index contributed by atoms with van der Waals surface area (Å²) in [7, 11) is 0. The maximum absolute atomic E-state index is 12.6. The smallest absolute Gasteiger partial charge is 0.263 e. The fourth-order valence-electron chi connectivity index (χ4n) is 3.15. The van der Waals surface area contributed by atoms with Crippen LogP contribution in [0, 0.1) is 5.92 Å². The molecule has 1 fully saturated rings. The molecule has 1 N–H and O–H groups in total. The molecule has 0 bridgehead atoms. The van der Waals surface area contributed by atoms with Gasteiger partial charge in [-0.15, -0.1) is 0 Å². The highest BCUT2D eigenvalue weighted by Crippen LogP contribution is 2.26. The van der Waals surface area contributed by atoms with Gasteiger partial charge >= 0.3 is 0 Å². The maximum atomic E-state index is 12.6. The quantitative estimate of drug-likeness (QED) is 0.919. The number of carbonyl (C=O) groups is 1. The van der Waals surface area contributed by atoms with Crippen LogP contribution in [-0.2, 0) is 10.2 Å². The third-order valence-corrected chi connectivity index (χ3v) is 4.89. The van der Waals surface area contributed by atoms with Crippen molar-refractivity contribution in [2.45, 2.75) is 65.1 Å². The van der Waals surface area contributed by atoms with E-state index in [0.29, 0.717) is 19.0 Å². The number of nitrogens with zero attached hydrogens (tertiary/aromatic N) is 1. The molecule has 0 spiro atoms. The van der Waals surface area contributed by atoms with Crippen molar-refractivity contribution >= 4 is 5.91 Å². The summed E-state index contributed by atoms with van der Waals surface area (Å²) in [4.78, 5) is 14.5. The van der Waals surface area contributed by atoms with E-state index in [-0.39, 0.29) is 17.4 Å². The molecule has 4 nitrogen and oxygen atoms in total. The minimum absolute atomic E-state index is 0.0280. The van der Waals surface area contributed by atoms with E-state index in [1.165, 1.54) is 5.56 Å². The Morgan fingerprint density at radius 1 is 1.25 bits per heavy atom. The zero-order valence-electron chi connectivity index (χ0n) is 15.6. The number of rotatable bonds is 4. The molecule has 2 rings (SSSR count). The van der Waals surface area contributed by atoms with Crippen LogP contribution in [-0.4, -0.2) is 41.2 Å². The largest absolute Gasteiger partial charge is 0.481 e. The molecule has 2 unspecified atom stereocenters. The van der Waals surface area contributed by atoms with Gasteiger partial charge in [0.2, 0.25) is 0 Å². The number of piperidine rings is 1. The molecule has 1 aliphatic heterocycles. The van der Waals surface area contributed by atoms with Crippen LogP contribution in [0.4, 0.5) is 0 Å². The lowest BCUT2D eigenvalue weighted by Crippen LogP contribution is -2.46. The Balaban J connectivity index is 1.95. The highest BCUT2D eigenvalue weighted by atomic mass is 16.5. The molecule has 1 aromatic rings. The topological polar surface area (TPSA) is 49.8 Å². The van der Waals surface area contributed by atoms with Crippen molar-refractivity contribution in [2.24, 2.45) is 5.92 Å². The number of aliphatic hydroxyl groups is 1. The Labute approximate surface area is 145 Å². The summed E-state index contributed by atoms with van der Waals surface area (Å²) in [5, 5.41) is 9.67. The molecular weight excluding hydrogens is 302 g/mol. The lowest BCUT2D eigenvalue weighted by Gasteiger charge is -2.34. The van der Waals surface area contributed by atoms with E-state index in [1.54, 1.807) is 0 Å². The average Bonchev–Trinajstić information content (AvgIpc) is 2.53. The first kappa shape index (κ1) is 18.8. The minimum Gasteiger partial charge on any atom is -0.481 e. The Kier molecular flexibility index (Phi) is 5.92. The van der Waals surface area contributed by atoms with Gasteiger partial charge in [0.1, 0.15) is 5.75 Å². The molecule has 4 heteroatoms. The van der Waals surface area contributed by atoms with Crippen LogP contribution in [0.25, 0.3) is 0 Å². The van der Waals surface area contributed by atoms with Crippen molar-refractivity contribution in [2.75, 3.05) is 13.1 Å². The van der Waals surface area contributed by atoms with Crippen LogP contribution in [0.2, 0.25) is 0 Å². The SMILES string of the molecule is CC(Oc1cccc(C(C)(C)C)c1)C(=O)N1CCC(C(C)O)CC1. The van der Waals surface area contributed by atoms with Gasteiger partial charge in [-0.3, -0.25) is 4.79 Å². The summed E-state index contributed by atoms with van der Waals surface area (Å²) in [6, 6.07) is 7.98. The first-order chi connectivity index (χ1) is 11.2. The lowest BCUT2D eigenvalue weighted by atomic mass is 9.87. The van der Waals surface area contributed by atoms with E-state index in [4.69, 9.17) is 4.74 Å². The van der Waals surface area contributed by atoms with Crippen molar-refractivity contribution < 1.29 is 14.6 Å². The van der Waals surface area contributed by atoms with E-state index in [9.17, 15) is 9.90 Å². The van der Waals surface area contributed by atoms with Gasteiger partial charge < -0.3 is 14.7 Å². The fourth-order valence-corrected chi connectivity index (χ4v) is 3.15. The van der Waals surface area contributed by atoms with E-state index >= 15 is 0 Å². The van der Waals surface area contributed by atoms with E-state index in [2.05, 4.69) is 26.8 Å². The number of aliphatic hydroxyl groups excluding tert-OH is 1. The number of ether oxygens (including phenoxy) is 1. The Bertz CT molecular complexity index is 554. The molecule has 134 valence electrons. The predicted octanol–water partition coefficient (Wildman–Crippen LogP) is 3.37. The minimum atomic E-state index is -0.497. The zero-order valence-corrected chi connectivity index (χ0v) is 15.6. The third-order valence-electron chi connectivity index (χ3n) is 4.89. The van der Waals surface area contributed by atoms with Crippen molar-refractivity contribution in [1.82, 2.24) is 4.90 Å². The molecule has 0 saturated carbocycles. The van der Waals surface area contributed by atoms with E-state index in [0.717, 1.165) is 18.6 Å². The Morgan fingerprint density at radius 3 is 2.42 bits per heavy atom. The molecule has 1 aliphatic rings. The molecule has 0 radical (unpaired) electrons. The molecule has 1 amide bonds. The summed E-state index contributed by atoms with van der Waals surface area (Å²) in [6.45, 7) is 11.5. The summed E-state index contributed by atoms with van der Waals surface area (Å²) in [5.74, 6) is 1.07. The first-order valence-electron chi connectivity index (χ1n) is 8.92. The van der Waals surface area contributed by atoms with E-state index < -0.39 is 6.10 Å². The Morgan fingerprint density at radius 2 is 1.88 bits per heavy atom. The van der Waals surface area contributed by atoms with Crippen molar-refractivity contribution in [1.29, 1.82) is 0 Å². The van der Waals surface area contributed by atoms with Crippen molar-refractivity contribution in [3.05, 3.63) is 29.8 Å². The summed E-state index contributed by atoms with van der Waals surface area (Å²) in [6.07, 6.45) is 0.921. The number of carbonyl (C=O) groups excluding carboxylic acids is 1. The van der Waals surface area contributed by atoms with Gasteiger partial charge in [-0.1, -0.05) is 32.9 Å². The lowest BCUT2D eigenvalue weighted by molar-refractivity contribution is -0.139. The Hall–Kier alpha value is -1.55. The third kappa shape index (κ3) is 4.73. The molecule has 0 aromatic heterocycles. The van der Waals surface area contributed by atoms with Crippen LogP contribution in [0.15, 0.2) is 24.3 Å². The highest BCUT2D eigenvalue weighted by Gasteiger charge is 2.28. The molecular formula is C20H31NO3. The number of benzene rings is 1. The van der Waals surface area contributed by atoms with Crippen LogP contribution in [0.1, 0.15) is 53.0 Å². The summed E-state index contributed by atoms with van der Waals surface area (Å²) < 4.78 is 5.90. The molecule has 0 aliphatic carbocycles. The molecule has 1 heterocycles. The fraction of sp³-hybridized carbons (Fsp3) is 0.650. The van der Waals surface area contributed by atoms with E-state index in [1.807, 2.05) is 36.9 Å². The zero-order chi connectivity index (χ0) is 17.9. The van der Waals surface area contributed by atoms with Gasteiger partial charge in [0, 0.05) is 13.1 Å². The van der Waals surface area contributed by atoms with Crippen molar-refractivity contribution in [3.8, 4) is 5.75 Å². The van der Waals surface area contributed by atoms with Gasteiger partial charge in [0.15, 0.2) is 6.10 Å². The van der Waals surface area contributed by atoms with Gasteiger partial charge in [-0.2, -0.15) is 0 Å². The average molecular weight is 333 g/mol. The number of hydrogen-bond acceptors (Lipinski definition) is 3. The van der Waals surface area contributed by atoms with Crippen LogP contribution in [0.3, 0.4) is 0 Å². The number of hydrogen-bond donors (Lipinski definition) is 1. The number of amides is 1. The number of likely N-dealkylation sites (tertiary alicyclic amines) is 1. The normalized spacial score (nSPS) is 19.0. The standard InChI is InChI=1S/C20H31NO3/c1-14(22)16-9-11-21(12-10-16)19(23)15(2)24-18-8-6-7-17(13-18)20(3,4)5/h6-8,13-16,22H,9-12H2,1-5H3. The first-order valence-corrected chi connectivity index (χ1v) is 8.92. The second-order valence-corrected chi connectivity index (χ2v) is 7.94. The molecule has 24 heavy (non-hydrogen) atoms. The highest BCUT2D eigenvalue weighted by molar-refractivity contribution is 5.81. The van der Waals surface area contributed by atoms with Gasteiger partial charge in [-0.05, 0) is 55.7 Å². The molecule has 1 aromatic carbocycles. The maximum Gasteiger partial charge on any atom is 0.263 e. The van der Waals surface area contributed by atoms with Crippen LogP contribution in [0.5, 0.6) is 5.75 Å². The van der Waals surface area contributed by atoms with Crippen molar-refractivity contribution in [3.63, 3.8) is 0 Å². The summed E-state index contributed by atoms with van der Waals surface area (Å²) in [5.41, 5.74) is 1.24.